The number of hydrogen-bond acceptors (Lipinski definition) is 3. The summed E-state index contributed by atoms with van der Waals surface area (Å²) < 4.78 is 5.70. The van der Waals surface area contributed by atoms with E-state index >= 15 is 0 Å². The van der Waals surface area contributed by atoms with Gasteiger partial charge in [0.15, 0.2) is 0 Å². The molecular formula is C20H24N2O3. The summed E-state index contributed by atoms with van der Waals surface area (Å²) in [6.07, 6.45) is 0.375. The van der Waals surface area contributed by atoms with Crippen molar-refractivity contribution in [1.29, 1.82) is 0 Å². The highest BCUT2D eigenvalue weighted by Gasteiger charge is 2.14. The Kier molecular flexibility index (Phi) is 6.17. The number of anilines is 2. The predicted octanol–water partition coefficient (Wildman–Crippen LogP) is 4.38. The van der Waals surface area contributed by atoms with Gasteiger partial charge in [-0.15, -0.1) is 0 Å². The highest BCUT2D eigenvalue weighted by atomic mass is 16.5. The van der Waals surface area contributed by atoms with Crippen LogP contribution in [0.25, 0.3) is 0 Å². The minimum atomic E-state index is -0.257. The number of amides is 2. The minimum Gasteiger partial charge on any atom is -0.490 e. The Bertz CT molecular complexity index is 769. The number of nitrogens with one attached hydrogen (secondary N) is 2. The van der Waals surface area contributed by atoms with Gasteiger partial charge in [-0.05, 0) is 50.6 Å². The zero-order valence-electron chi connectivity index (χ0n) is 15.1. The van der Waals surface area contributed by atoms with Gasteiger partial charge in [0.25, 0.3) is 5.91 Å². The molecule has 0 bridgehead atoms. The molecule has 0 aliphatic carbocycles. The Morgan fingerprint density at radius 1 is 1.08 bits per heavy atom. The lowest BCUT2D eigenvalue weighted by Crippen LogP contribution is -2.16. The molecule has 0 saturated carbocycles. The topological polar surface area (TPSA) is 67.4 Å². The first kappa shape index (κ1) is 18.5. The molecule has 0 fully saturated rings. The van der Waals surface area contributed by atoms with E-state index in [9.17, 15) is 9.59 Å². The van der Waals surface area contributed by atoms with Gasteiger partial charge in [0.2, 0.25) is 5.91 Å². The van der Waals surface area contributed by atoms with E-state index in [1.165, 1.54) is 0 Å². The first-order valence-electron chi connectivity index (χ1n) is 8.38. The molecule has 0 radical (unpaired) electrons. The number of para-hydroxylation sites is 1. The molecule has 2 N–H and O–H groups in total. The second-order valence-electron chi connectivity index (χ2n) is 6.05. The van der Waals surface area contributed by atoms with Gasteiger partial charge in [-0.3, -0.25) is 9.59 Å². The highest BCUT2D eigenvalue weighted by Crippen LogP contribution is 2.24. The van der Waals surface area contributed by atoms with E-state index in [4.69, 9.17) is 4.74 Å². The smallest absolute Gasteiger partial charge is 0.259 e. The average molecular weight is 340 g/mol. The van der Waals surface area contributed by atoms with Gasteiger partial charge < -0.3 is 15.4 Å². The first-order valence-corrected chi connectivity index (χ1v) is 8.38. The van der Waals surface area contributed by atoms with Crippen molar-refractivity contribution in [3.63, 3.8) is 0 Å². The summed E-state index contributed by atoms with van der Waals surface area (Å²) in [7, 11) is 0. The van der Waals surface area contributed by atoms with Crippen LogP contribution in [-0.4, -0.2) is 17.9 Å². The maximum absolute atomic E-state index is 12.6. The number of rotatable bonds is 6. The summed E-state index contributed by atoms with van der Waals surface area (Å²) >= 11 is 0. The lowest BCUT2D eigenvalue weighted by Gasteiger charge is -2.15. The molecule has 25 heavy (non-hydrogen) atoms. The Morgan fingerprint density at radius 2 is 1.80 bits per heavy atom. The zero-order chi connectivity index (χ0) is 18.4. The van der Waals surface area contributed by atoms with Crippen LogP contribution in [0.4, 0.5) is 11.4 Å². The van der Waals surface area contributed by atoms with Crippen molar-refractivity contribution in [2.75, 3.05) is 10.6 Å². The van der Waals surface area contributed by atoms with E-state index in [0.29, 0.717) is 29.1 Å². The molecule has 2 aromatic rings. The van der Waals surface area contributed by atoms with Crippen molar-refractivity contribution in [2.45, 2.75) is 40.2 Å². The van der Waals surface area contributed by atoms with Gasteiger partial charge in [0.05, 0.1) is 11.7 Å². The van der Waals surface area contributed by atoms with Crippen LogP contribution < -0.4 is 15.4 Å². The van der Waals surface area contributed by atoms with Crippen molar-refractivity contribution >= 4 is 23.2 Å². The van der Waals surface area contributed by atoms with Gasteiger partial charge in [-0.1, -0.05) is 25.1 Å². The number of carbonyl (C=O) groups excluding carboxylic acids is 2. The van der Waals surface area contributed by atoms with Crippen molar-refractivity contribution in [1.82, 2.24) is 0 Å². The number of aryl methyl sites for hydroxylation is 1. The van der Waals surface area contributed by atoms with Gasteiger partial charge in [0.1, 0.15) is 5.75 Å². The monoisotopic (exact) mass is 340 g/mol. The van der Waals surface area contributed by atoms with Crippen LogP contribution in [0.2, 0.25) is 0 Å². The van der Waals surface area contributed by atoms with Crippen LogP contribution >= 0.6 is 0 Å². The molecular weight excluding hydrogens is 316 g/mol. The van der Waals surface area contributed by atoms with Crippen LogP contribution in [0.15, 0.2) is 42.5 Å². The summed E-state index contributed by atoms with van der Waals surface area (Å²) in [6, 6.07) is 12.5. The number of ether oxygens (including phenoxy) is 1. The minimum absolute atomic E-state index is 0.0239. The molecule has 2 aromatic carbocycles. The predicted molar refractivity (Wildman–Crippen MR) is 100 cm³/mol. The van der Waals surface area contributed by atoms with Crippen LogP contribution in [0, 0.1) is 6.92 Å². The van der Waals surface area contributed by atoms with Crippen LogP contribution in [0.1, 0.15) is 43.1 Å². The fourth-order valence-corrected chi connectivity index (χ4v) is 2.28. The van der Waals surface area contributed by atoms with Crippen molar-refractivity contribution in [2.24, 2.45) is 0 Å². The Labute approximate surface area is 148 Å². The van der Waals surface area contributed by atoms with E-state index < -0.39 is 0 Å². The molecule has 0 spiro atoms. The van der Waals surface area contributed by atoms with Gasteiger partial charge >= 0.3 is 0 Å². The van der Waals surface area contributed by atoms with E-state index in [2.05, 4.69) is 10.6 Å². The van der Waals surface area contributed by atoms with Crippen molar-refractivity contribution in [3.05, 3.63) is 53.6 Å². The van der Waals surface area contributed by atoms with Crippen molar-refractivity contribution in [3.8, 4) is 5.75 Å². The molecule has 0 heterocycles. The zero-order valence-corrected chi connectivity index (χ0v) is 15.1. The summed E-state index contributed by atoms with van der Waals surface area (Å²) in [4.78, 5) is 24.2. The quantitative estimate of drug-likeness (QED) is 0.820. The molecule has 0 saturated heterocycles. The second kappa shape index (κ2) is 8.33. The Balaban J connectivity index is 2.21. The van der Waals surface area contributed by atoms with Gasteiger partial charge in [-0.25, -0.2) is 0 Å². The molecule has 5 nitrogen and oxygen atoms in total. The summed E-state index contributed by atoms with van der Waals surface area (Å²) in [5, 5.41) is 5.70. The van der Waals surface area contributed by atoms with Gasteiger partial charge in [0, 0.05) is 17.8 Å². The van der Waals surface area contributed by atoms with E-state index in [1.807, 2.05) is 32.9 Å². The average Bonchev–Trinajstić information content (AvgIpc) is 2.57. The third kappa shape index (κ3) is 5.08. The number of carbonyl (C=O) groups is 2. The fraction of sp³-hybridized carbons (Fsp3) is 0.300. The summed E-state index contributed by atoms with van der Waals surface area (Å²) in [6.45, 7) is 7.53. The molecule has 2 rings (SSSR count). The van der Waals surface area contributed by atoms with E-state index in [0.717, 1.165) is 5.56 Å². The highest BCUT2D eigenvalue weighted by molar-refractivity contribution is 6.06. The fourth-order valence-electron chi connectivity index (χ4n) is 2.28. The van der Waals surface area contributed by atoms with E-state index in [1.54, 1.807) is 37.3 Å². The molecule has 0 aromatic heterocycles. The molecule has 0 aliphatic rings. The summed E-state index contributed by atoms with van der Waals surface area (Å²) in [5.41, 5.74) is 2.71. The Morgan fingerprint density at radius 3 is 2.48 bits per heavy atom. The lowest BCUT2D eigenvalue weighted by molar-refractivity contribution is -0.115. The third-order valence-corrected chi connectivity index (χ3v) is 3.58. The maximum atomic E-state index is 12.6. The Hall–Kier alpha value is -2.82. The molecule has 2 amide bonds. The molecule has 0 aliphatic heterocycles. The third-order valence-electron chi connectivity index (χ3n) is 3.58. The maximum Gasteiger partial charge on any atom is 0.259 e. The van der Waals surface area contributed by atoms with Crippen LogP contribution in [0.3, 0.4) is 0 Å². The van der Waals surface area contributed by atoms with Gasteiger partial charge in [-0.2, -0.15) is 0 Å². The van der Waals surface area contributed by atoms with Crippen molar-refractivity contribution < 1.29 is 14.3 Å². The second-order valence-corrected chi connectivity index (χ2v) is 6.05. The number of benzene rings is 2. The van der Waals surface area contributed by atoms with Crippen LogP contribution in [-0.2, 0) is 4.79 Å². The van der Waals surface area contributed by atoms with E-state index in [-0.39, 0.29) is 17.9 Å². The molecule has 132 valence electrons. The van der Waals surface area contributed by atoms with Crippen LogP contribution in [0.5, 0.6) is 5.75 Å². The molecule has 0 unspecified atom stereocenters. The standard InChI is InChI=1S/C20H24N2O3/c1-5-19(23)22-17-12-15(11-10-14(17)4)21-20(24)16-8-6-7-9-18(16)25-13(2)3/h6-13H,5H2,1-4H3,(H,21,24)(H,22,23). The first-order chi connectivity index (χ1) is 11.9. The molecule has 5 heteroatoms. The lowest BCUT2D eigenvalue weighted by atomic mass is 10.1. The summed E-state index contributed by atoms with van der Waals surface area (Å²) in [5.74, 6) is 0.219. The number of hydrogen-bond donors (Lipinski definition) is 2. The molecule has 0 atom stereocenters. The SMILES string of the molecule is CCC(=O)Nc1cc(NC(=O)c2ccccc2OC(C)C)ccc1C. The normalized spacial score (nSPS) is 10.4. The largest absolute Gasteiger partial charge is 0.490 e.